The lowest BCUT2D eigenvalue weighted by atomic mass is 10.1. The van der Waals surface area contributed by atoms with E-state index in [0.717, 1.165) is 0 Å². The molecule has 1 unspecified atom stereocenters. The Morgan fingerprint density at radius 1 is 1.45 bits per heavy atom. The van der Waals surface area contributed by atoms with E-state index in [0.29, 0.717) is 22.1 Å². The summed E-state index contributed by atoms with van der Waals surface area (Å²) in [6, 6.07) is 4.02. The Labute approximate surface area is 127 Å². The summed E-state index contributed by atoms with van der Waals surface area (Å²) in [6.07, 6.45) is 0.435. The summed E-state index contributed by atoms with van der Waals surface area (Å²) in [5.41, 5.74) is 0.290. The normalized spacial score (nSPS) is 18.1. The Balaban J connectivity index is 2.18. The molecule has 1 aliphatic rings. The van der Waals surface area contributed by atoms with Gasteiger partial charge in [-0.05, 0) is 35.1 Å². The number of halogens is 1. The maximum atomic E-state index is 12.3. The van der Waals surface area contributed by atoms with Crippen molar-refractivity contribution in [1.29, 1.82) is 0 Å². The Morgan fingerprint density at radius 3 is 2.65 bits per heavy atom. The number of rotatable bonds is 3. The summed E-state index contributed by atoms with van der Waals surface area (Å²) in [5, 5.41) is 19.6. The molecule has 20 heavy (non-hydrogen) atoms. The molecular formula is C12H11IN2O5. The molecular weight excluding hydrogens is 379 g/mol. The highest BCUT2D eigenvalue weighted by Crippen LogP contribution is 2.24. The third kappa shape index (κ3) is 2.89. The van der Waals surface area contributed by atoms with Crippen LogP contribution in [0.2, 0.25) is 0 Å². The Kier molecular flexibility index (Phi) is 4.21. The van der Waals surface area contributed by atoms with Crippen LogP contribution in [0.5, 0.6) is 0 Å². The summed E-state index contributed by atoms with van der Waals surface area (Å²) in [7, 11) is 0. The van der Waals surface area contributed by atoms with Crippen molar-refractivity contribution >= 4 is 40.2 Å². The minimum absolute atomic E-state index is 0.0733. The molecule has 1 amide bonds. The van der Waals surface area contributed by atoms with E-state index in [4.69, 9.17) is 5.11 Å². The third-order valence-corrected chi connectivity index (χ3v) is 4.11. The van der Waals surface area contributed by atoms with Crippen molar-refractivity contribution in [3.63, 3.8) is 0 Å². The lowest BCUT2D eigenvalue weighted by molar-refractivity contribution is -0.384. The zero-order chi connectivity index (χ0) is 14.9. The molecule has 1 aromatic carbocycles. The van der Waals surface area contributed by atoms with E-state index in [1.165, 1.54) is 23.1 Å². The highest BCUT2D eigenvalue weighted by molar-refractivity contribution is 14.1. The van der Waals surface area contributed by atoms with Gasteiger partial charge in [-0.25, -0.2) is 0 Å². The number of carboxylic acid groups (broad SMARTS) is 1. The van der Waals surface area contributed by atoms with Crippen LogP contribution in [0.25, 0.3) is 0 Å². The van der Waals surface area contributed by atoms with E-state index in [9.17, 15) is 19.7 Å². The van der Waals surface area contributed by atoms with Crippen LogP contribution in [0.1, 0.15) is 16.8 Å². The fourth-order valence-corrected chi connectivity index (χ4v) is 2.84. The summed E-state index contributed by atoms with van der Waals surface area (Å²) in [6.45, 7) is 0.574. The molecule has 7 nitrogen and oxygen atoms in total. The molecule has 1 atom stereocenters. The maximum Gasteiger partial charge on any atom is 0.308 e. The number of carbonyl (C=O) groups excluding carboxylic acids is 1. The van der Waals surface area contributed by atoms with Gasteiger partial charge in [-0.1, -0.05) is 0 Å². The maximum absolute atomic E-state index is 12.3. The van der Waals surface area contributed by atoms with Crippen molar-refractivity contribution in [2.24, 2.45) is 5.92 Å². The van der Waals surface area contributed by atoms with Crippen molar-refractivity contribution in [2.45, 2.75) is 6.42 Å². The number of amides is 1. The van der Waals surface area contributed by atoms with Crippen LogP contribution < -0.4 is 0 Å². The van der Waals surface area contributed by atoms with Gasteiger partial charge in [0.05, 0.1) is 16.4 Å². The number of nitro benzene ring substituents is 1. The molecule has 2 rings (SSSR count). The molecule has 0 radical (unpaired) electrons. The second-order valence-corrected chi connectivity index (χ2v) is 5.66. The van der Waals surface area contributed by atoms with Crippen molar-refractivity contribution in [3.05, 3.63) is 37.4 Å². The minimum Gasteiger partial charge on any atom is -0.481 e. The number of carbonyl (C=O) groups is 2. The predicted molar refractivity (Wildman–Crippen MR) is 77.5 cm³/mol. The van der Waals surface area contributed by atoms with E-state index in [1.807, 2.05) is 22.6 Å². The van der Waals surface area contributed by atoms with Crippen molar-refractivity contribution in [3.8, 4) is 0 Å². The molecule has 0 spiro atoms. The molecule has 1 fully saturated rings. The number of nitro groups is 1. The zero-order valence-corrected chi connectivity index (χ0v) is 12.4. The molecule has 1 N–H and O–H groups in total. The molecule has 0 aromatic heterocycles. The molecule has 1 aliphatic heterocycles. The topological polar surface area (TPSA) is 101 Å². The first-order valence-corrected chi connectivity index (χ1v) is 6.94. The number of likely N-dealkylation sites (tertiary alicyclic amines) is 1. The largest absolute Gasteiger partial charge is 0.481 e. The predicted octanol–water partition coefficient (Wildman–Crippen LogP) is 1.75. The van der Waals surface area contributed by atoms with E-state index < -0.39 is 16.8 Å². The van der Waals surface area contributed by atoms with E-state index in [2.05, 4.69) is 0 Å². The number of hydrogen-bond acceptors (Lipinski definition) is 4. The first kappa shape index (κ1) is 14.7. The van der Waals surface area contributed by atoms with Gasteiger partial charge in [0.1, 0.15) is 0 Å². The molecule has 0 saturated carbocycles. The van der Waals surface area contributed by atoms with E-state index >= 15 is 0 Å². The Morgan fingerprint density at radius 2 is 2.15 bits per heavy atom. The summed E-state index contributed by atoms with van der Waals surface area (Å²) in [5.74, 6) is -1.72. The molecule has 106 valence electrons. The highest BCUT2D eigenvalue weighted by Gasteiger charge is 2.32. The van der Waals surface area contributed by atoms with Crippen molar-refractivity contribution in [2.75, 3.05) is 13.1 Å². The standard InChI is InChI=1S/C12H11IN2O5/c13-10-5-8(15(19)20)1-2-9(10)11(16)14-4-3-7(6-14)12(17)18/h1-2,5,7H,3-4,6H2,(H,17,18). The van der Waals surface area contributed by atoms with Gasteiger partial charge in [0.25, 0.3) is 11.6 Å². The second kappa shape index (κ2) is 5.73. The molecule has 0 aliphatic carbocycles. The van der Waals surface area contributed by atoms with Crippen molar-refractivity contribution < 1.29 is 19.6 Å². The van der Waals surface area contributed by atoms with Crippen LogP contribution in [0.3, 0.4) is 0 Å². The van der Waals surface area contributed by atoms with Crippen LogP contribution in [-0.4, -0.2) is 39.9 Å². The minimum atomic E-state index is -0.904. The lowest BCUT2D eigenvalue weighted by Gasteiger charge is -2.16. The molecule has 8 heteroatoms. The van der Waals surface area contributed by atoms with E-state index in [1.54, 1.807) is 0 Å². The SMILES string of the molecule is O=C(O)C1CCN(C(=O)c2ccc([N+](=O)[O-])cc2I)C1. The second-order valence-electron chi connectivity index (χ2n) is 4.50. The fourth-order valence-electron chi connectivity index (χ4n) is 2.11. The molecule has 1 saturated heterocycles. The zero-order valence-electron chi connectivity index (χ0n) is 10.3. The number of non-ortho nitro benzene ring substituents is 1. The van der Waals surface area contributed by atoms with Gasteiger partial charge in [-0.2, -0.15) is 0 Å². The summed E-state index contributed by atoms with van der Waals surface area (Å²) >= 11 is 1.87. The average Bonchev–Trinajstić information content (AvgIpc) is 2.87. The van der Waals surface area contributed by atoms with Gasteiger partial charge in [0.15, 0.2) is 0 Å². The summed E-state index contributed by atoms with van der Waals surface area (Å²) in [4.78, 5) is 34.8. The van der Waals surface area contributed by atoms with Gasteiger partial charge >= 0.3 is 5.97 Å². The Bertz CT molecular complexity index is 589. The average molecular weight is 390 g/mol. The lowest BCUT2D eigenvalue weighted by Crippen LogP contribution is -2.30. The van der Waals surface area contributed by atoms with Crippen LogP contribution >= 0.6 is 22.6 Å². The number of benzene rings is 1. The molecule has 1 heterocycles. The quantitative estimate of drug-likeness (QED) is 0.482. The van der Waals surface area contributed by atoms with Gasteiger partial charge in [0.2, 0.25) is 0 Å². The van der Waals surface area contributed by atoms with Crippen LogP contribution in [0.15, 0.2) is 18.2 Å². The first-order valence-electron chi connectivity index (χ1n) is 5.86. The smallest absolute Gasteiger partial charge is 0.308 e. The van der Waals surface area contributed by atoms with Crippen LogP contribution in [0, 0.1) is 19.6 Å². The first-order chi connectivity index (χ1) is 9.40. The third-order valence-electron chi connectivity index (χ3n) is 3.22. The monoisotopic (exact) mass is 390 g/mol. The fraction of sp³-hybridized carbons (Fsp3) is 0.333. The molecule has 0 bridgehead atoms. The van der Waals surface area contributed by atoms with Gasteiger partial charge < -0.3 is 10.0 Å². The van der Waals surface area contributed by atoms with E-state index in [-0.39, 0.29) is 18.1 Å². The van der Waals surface area contributed by atoms with Crippen LogP contribution in [-0.2, 0) is 4.79 Å². The van der Waals surface area contributed by atoms with Crippen LogP contribution in [0.4, 0.5) is 5.69 Å². The highest BCUT2D eigenvalue weighted by atomic mass is 127. The summed E-state index contributed by atoms with van der Waals surface area (Å²) < 4.78 is 0.487. The van der Waals surface area contributed by atoms with Gasteiger partial charge in [0, 0.05) is 28.8 Å². The van der Waals surface area contributed by atoms with Gasteiger partial charge in [-0.3, -0.25) is 19.7 Å². The number of nitrogens with zero attached hydrogens (tertiary/aromatic N) is 2. The van der Waals surface area contributed by atoms with Gasteiger partial charge in [-0.15, -0.1) is 0 Å². The number of hydrogen-bond donors (Lipinski definition) is 1. The Hall–Kier alpha value is -1.71. The van der Waals surface area contributed by atoms with Crippen molar-refractivity contribution in [1.82, 2.24) is 4.90 Å². The number of aliphatic carboxylic acids is 1. The number of carboxylic acids is 1. The molecule has 1 aromatic rings.